The minimum atomic E-state index is -0.272. The number of amides is 1. The van der Waals surface area contributed by atoms with Gasteiger partial charge < -0.3 is 14.2 Å². The number of carbonyl (C=O) groups excluding carboxylic acids is 1. The van der Waals surface area contributed by atoms with Crippen molar-refractivity contribution in [1.29, 1.82) is 0 Å². The summed E-state index contributed by atoms with van der Waals surface area (Å²) >= 11 is 0. The van der Waals surface area contributed by atoms with Gasteiger partial charge in [0.2, 0.25) is 5.43 Å². The Balaban J connectivity index is 1.35. The Morgan fingerprint density at radius 3 is 2.03 bits per heavy atom. The first-order chi connectivity index (χ1) is 17.7. The van der Waals surface area contributed by atoms with E-state index in [9.17, 15) is 9.59 Å². The highest BCUT2D eigenvalue weighted by Gasteiger charge is 2.44. The fourth-order valence-corrected chi connectivity index (χ4v) is 5.40. The molecule has 6 nitrogen and oxygen atoms in total. The van der Waals surface area contributed by atoms with Gasteiger partial charge in [-0.2, -0.15) is 0 Å². The van der Waals surface area contributed by atoms with Gasteiger partial charge in [0.25, 0.3) is 5.91 Å². The van der Waals surface area contributed by atoms with E-state index in [-0.39, 0.29) is 35.9 Å². The van der Waals surface area contributed by atoms with Crippen LogP contribution in [-0.4, -0.2) is 39.5 Å². The number of benzene rings is 3. The second-order valence-electron chi connectivity index (χ2n) is 9.23. The van der Waals surface area contributed by atoms with Gasteiger partial charge in [-0.15, -0.1) is 0 Å². The maximum atomic E-state index is 13.8. The van der Waals surface area contributed by atoms with Crippen molar-refractivity contribution in [3.63, 3.8) is 0 Å². The minimum absolute atomic E-state index is 0.0185. The highest BCUT2D eigenvalue weighted by molar-refractivity contribution is 5.96. The summed E-state index contributed by atoms with van der Waals surface area (Å²) in [6, 6.07) is 32.0. The van der Waals surface area contributed by atoms with Gasteiger partial charge in [-0.1, -0.05) is 91.0 Å². The smallest absolute Gasteiger partial charge is 0.275 e. The molecule has 0 bridgehead atoms. The van der Waals surface area contributed by atoms with Crippen molar-refractivity contribution in [3.8, 4) is 5.75 Å². The monoisotopic (exact) mass is 477 g/mol. The molecule has 2 aliphatic rings. The van der Waals surface area contributed by atoms with E-state index in [1.807, 2.05) is 51.9 Å². The van der Waals surface area contributed by atoms with Gasteiger partial charge >= 0.3 is 0 Å². The van der Waals surface area contributed by atoms with E-state index >= 15 is 0 Å². The zero-order valence-corrected chi connectivity index (χ0v) is 19.9. The second-order valence-corrected chi connectivity index (χ2v) is 9.23. The molecule has 0 saturated carbocycles. The highest BCUT2D eigenvalue weighted by atomic mass is 16.5. The molecule has 1 amide bonds. The predicted octanol–water partition coefficient (Wildman–Crippen LogP) is 4.31. The zero-order chi connectivity index (χ0) is 24.5. The average Bonchev–Trinajstić information content (AvgIpc) is 3.34. The quantitative estimate of drug-likeness (QED) is 0.415. The third kappa shape index (κ3) is 3.99. The Hall–Kier alpha value is -4.16. The van der Waals surface area contributed by atoms with Crippen LogP contribution >= 0.6 is 0 Å². The molecule has 4 aromatic rings. The van der Waals surface area contributed by atoms with Gasteiger partial charge in [0, 0.05) is 25.4 Å². The molecule has 2 aliphatic heterocycles. The maximum absolute atomic E-state index is 13.8. The lowest BCUT2D eigenvalue weighted by molar-refractivity contribution is 0.0450. The molecule has 1 aromatic heterocycles. The first-order valence-electron chi connectivity index (χ1n) is 12.3. The fourth-order valence-electron chi connectivity index (χ4n) is 5.40. The van der Waals surface area contributed by atoms with Crippen LogP contribution in [0.1, 0.15) is 33.2 Å². The fraction of sp³-hybridized carbons (Fsp3) is 0.200. The summed E-state index contributed by atoms with van der Waals surface area (Å²) in [6.07, 6.45) is 1.60. The number of hydrogen-bond acceptors (Lipinski definition) is 4. The number of ether oxygens (including phenoxy) is 1. The topological polar surface area (TPSA) is 54.8 Å². The Kier molecular flexibility index (Phi) is 5.87. The predicted molar refractivity (Wildman–Crippen MR) is 138 cm³/mol. The van der Waals surface area contributed by atoms with Crippen molar-refractivity contribution in [3.05, 3.63) is 136 Å². The third-order valence-electron chi connectivity index (χ3n) is 7.09. The Labute approximate surface area is 210 Å². The first-order valence-corrected chi connectivity index (χ1v) is 12.3. The summed E-state index contributed by atoms with van der Waals surface area (Å²) in [6.45, 7) is 2.14. The van der Waals surface area contributed by atoms with Crippen molar-refractivity contribution in [2.75, 3.05) is 13.1 Å². The number of rotatable bonds is 6. The lowest BCUT2D eigenvalue weighted by Crippen LogP contribution is -2.51. The van der Waals surface area contributed by atoms with Crippen LogP contribution in [0.25, 0.3) is 0 Å². The molecule has 3 heterocycles. The van der Waals surface area contributed by atoms with Crippen molar-refractivity contribution >= 4 is 5.91 Å². The SMILES string of the molecule is O=C1c2c(OCc3ccccc3)c(=O)ccn2CC2N1CCN2C(c1ccccc1)c1ccccc1. The molecule has 3 aromatic carbocycles. The van der Waals surface area contributed by atoms with Crippen LogP contribution < -0.4 is 10.2 Å². The minimum Gasteiger partial charge on any atom is -0.483 e. The van der Waals surface area contributed by atoms with Crippen LogP contribution in [0, 0.1) is 0 Å². The van der Waals surface area contributed by atoms with Gasteiger partial charge in [-0.3, -0.25) is 14.5 Å². The Morgan fingerprint density at radius 1 is 0.778 bits per heavy atom. The Morgan fingerprint density at radius 2 is 1.39 bits per heavy atom. The lowest BCUT2D eigenvalue weighted by atomic mass is 9.96. The standard InChI is InChI=1S/C30H27N3O3/c34-25-16-17-31-20-26-32(27(23-12-6-2-7-13-23)24-14-8-3-9-15-24)18-19-33(26)30(35)28(31)29(25)36-21-22-10-4-1-5-11-22/h1-17,26-27H,18-21H2. The lowest BCUT2D eigenvalue weighted by Gasteiger charge is -2.40. The summed E-state index contributed by atoms with van der Waals surface area (Å²) in [5.41, 5.74) is 3.40. The molecule has 180 valence electrons. The summed E-state index contributed by atoms with van der Waals surface area (Å²) in [5, 5.41) is 0. The van der Waals surface area contributed by atoms with Crippen molar-refractivity contribution < 1.29 is 9.53 Å². The van der Waals surface area contributed by atoms with E-state index in [4.69, 9.17) is 4.74 Å². The van der Waals surface area contributed by atoms with E-state index < -0.39 is 0 Å². The summed E-state index contributed by atoms with van der Waals surface area (Å²) in [5.74, 6) is -0.0275. The third-order valence-corrected chi connectivity index (χ3v) is 7.09. The Bertz CT molecular complexity index is 1380. The second kappa shape index (κ2) is 9.47. The molecule has 0 spiro atoms. The van der Waals surface area contributed by atoms with Crippen LogP contribution in [0.3, 0.4) is 0 Å². The summed E-state index contributed by atoms with van der Waals surface area (Å²) < 4.78 is 7.84. The molecular formula is C30H27N3O3. The molecule has 36 heavy (non-hydrogen) atoms. The number of pyridine rings is 1. The van der Waals surface area contributed by atoms with E-state index in [0.717, 1.165) is 12.1 Å². The number of nitrogens with zero attached hydrogens (tertiary/aromatic N) is 3. The maximum Gasteiger partial charge on any atom is 0.275 e. The normalized spacial score (nSPS) is 17.2. The van der Waals surface area contributed by atoms with E-state index in [1.165, 1.54) is 17.2 Å². The molecule has 6 rings (SSSR count). The summed E-state index contributed by atoms with van der Waals surface area (Å²) in [4.78, 5) is 30.8. The number of aromatic nitrogens is 1. The van der Waals surface area contributed by atoms with Crippen molar-refractivity contribution in [1.82, 2.24) is 14.4 Å². The number of fused-ring (bicyclic) bond motifs is 2. The molecule has 1 saturated heterocycles. The molecule has 0 radical (unpaired) electrons. The van der Waals surface area contributed by atoms with Gasteiger partial charge in [0.15, 0.2) is 11.4 Å². The van der Waals surface area contributed by atoms with E-state index in [2.05, 4.69) is 53.4 Å². The van der Waals surface area contributed by atoms with Crippen LogP contribution in [0.15, 0.2) is 108 Å². The molecule has 0 N–H and O–H groups in total. The summed E-state index contributed by atoms with van der Waals surface area (Å²) in [7, 11) is 0. The number of carbonyl (C=O) groups is 1. The van der Waals surface area contributed by atoms with Crippen molar-refractivity contribution in [2.24, 2.45) is 0 Å². The van der Waals surface area contributed by atoms with Crippen LogP contribution in [0.2, 0.25) is 0 Å². The molecular weight excluding hydrogens is 450 g/mol. The van der Waals surface area contributed by atoms with Crippen LogP contribution in [0.5, 0.6) is 5.75 Å². The zero-order valence-electron chi connectivity index (χ0n) is 19.9. The largest absolute Gasteiger partial charge is 0.483 e. The van der Waals surface area contributed by atoms with E-state index in [1.54, 1.807) is 6.20 Å². The number of hydrogen-bond donors (Lipinski definition) is 0. The molecule has 1 fully saturated rings. The molecule has 6 heteroatoms. The molecule has 1 unspecified atom stereocenters. The first kappa shape index (κ1) is 22.3. The van der Waals surface area contributed by atoms with Gasteiger partial charge in [0.1, 0.15) is 12.8 Å². The molecule has 0 aliphatic carbocycles. The van der Waals surface area contributed by atoms with Gasteiger partial charge in [0.05, 0.1) is 12.6 Å². The average molecular weight is 478 g/mol. The highest BCUT2D eigenvalue weighted by Crippen LogP contribution is 2.37. The van der Waals surface area contributed by atoms with Gasteiger partial charge in [-0.05, 0) is 16.7 Å². The van der Waals surface area contributed by atoms with E-state index in [0.29, 0.717) is 18.8 Å². The van der Waals surface area contributed by atoms with Crippen LogP contribution in [0.4, 0.5) is 0 Å². The van der Waals surface area contributed by atoms with Crippen LogP contribution in [-0.2, 0) is 13.2 Å². The van der Waals surface area contributed by atoms with Crippen molar-refractivity contribution in [2.45, 2.75) is 25.4 Å². The molecule has 1 atom stereocenters. The van der Waals surface area contributed by atoms with Gasteiger partial charge in [-0.25, -0.2) is 0 Å².